The quantitative estimate of drug-likeness (QED) is 0.208. The Morgan fingerprint density at radius 3 is 1.23 bits per heavy atom. The molecule has 0 aliphatic rings. The van der Waals surface area contributed by atoms with Crippen molar-refractivity contribution >= 4 is 10.2 Å². The highest BCUT2D eigenvalue weighted by Gasteiger charge is 2.20. The normalized spacial score (nSPS) is 12.1. The van der Waals surface area contributed by atoms with E-state index in [-0.39, 0.29) is 5.41 Å². The fourth-order valence-corrected chi connectivity index (χ4v) is 3.28. The van der Waals surface area contributed by atoms with E-state index in [9.17, 15) is 0 Å². The van der Waals surface area contributed by atoms with Crippen molar-refractivity contribution in [1.29, 1.82) is 0 Å². The first-order chi connectivity index (χ1) is 10.7. The van der Waals surface area contributed by atoms with Crippen molar-refractivity contribution in [2.45, 2.75) is 109 Å². The van der Waals surface area contributed by atoms with Crippen LogP contribution < -0.4 is 0 Å². The molecule has 0 spiro atoms. The van der Waals surface area contributed by atoms with Gasteiger partial charge in [0.1, 0.15) is 5.41 Å². The molecule has 0 amide bonds. The van der Waals surface area contributed by atoms with Crippen LogP contribution in [-0.2, 0) is 9.47 Å². The summed E-state index contributed by atoms with van der Waals surface area (Å²) in [5.74, 6) is 0. The highest BCUT2D eigenvalue weighted by atomic mass is 28.1. The number of ether oxygens (including phenoxy) is 2. The Morgan fingerprint density at radius 1 is 0.591 bits per heavy atom. The first-order valence-electron chi connectivity index (χ1n) is 9.79. The van der Waals surface area contributed by atoms with Crippen molar-refractivity contribution in [3.05, 3.63) is 0 Å². The summed E-state index contributed by atoms with van der Waals surface area (Å²) in [6, 6.07) is 0. The maximum absolute atomic E-state index is 5.44. The lowest BCUT2D eigenvalue weighted by Crippen LogP contribution is -2.33. The van der Waals surface area contributed by atoms with Crippen LogP contribution in [0.5, 0.6) is 0 Å². The third-order valence-electron chi connectivity index (χ3n) is 4.85. The fraction of sp³-hybridized carbons (Fsp3) is 1.00. The van der Waals surface area contributed by atoms with Gasteiger partial charge in [-0.15, -0.1) is 0 Å². The standard InChI is InChI=1S/C19H42O2Si/c1-4-5-6-7-8-9-10-11-12-13-14-15-16-17-18-19(22,20-2)21-3/h4-18H2,1-3,22H3. The highest BCUT2D eigenvalue weighted by Crippen LogP contribution is 2.18. The van der Waals surface area contributed by atoms with Gasteiger partial charge in [0.25, 0.3) is 0 Å². The molecule has 0 atom stereocenters. The molecular weight excluding hydrogens is 288 g/mol. The number of rotatable bonds is 17. The van der Waals surface area contributed by atoms with Crippen LogP contribution in [0.15, 0.2) is 0 Å². The van der Waals surface area contributed by atoms with E-state index in [4.69, 9.17) is 9.47 Å². The SMILES string of the molecule is CCCCCCCCCCCCCCCCC([SiH3])(OC)OC. The van der Waals surface area contributed by atoms with Gasteiger partial charge in [-0.3, -0.25) is 0 Å². The van der Waals surface area contributed by atoms with Crippen molar-refractivity contribution < 1.29 is 9.47 Å². The molecule has 0 saturated heterocycles. The lowest BCUT2D eigenvalue weighted by atomic mass is 10.0. The molecule has 0 N–H and O–H groups in total. The number of unbranched alkanes of at least 4 members (excludes halogenated alkanes) is 13. The topological polar surface area (TPSA) is 18.5 Å². The van der Waals surface area contributed by atoms with Crippen LogP contribution in [0.1, 0.15) is 103 Å². The van der Waals surface area contributed by atoms with E-state index in [0.29, 0.717) is 0 Å². The van der Waals surface area contributed by atoms with Gasteiger partial charge in [0.05, 0.1) is 10.2 Å². The maximum atomic E-state index is 5.44. The Hall–Kier alpha value is 0.137. The molecule has 0 unspecified atom stereocenters. The minimum absolute atomic E-state index is 0.239. The van der Waals surface area contributed by atoms with Crippen molar-refractivity contribution in [1.82, 2.24) is 0 Å². The molecule has 0 radical (unpaired) electrons. The Bertz CT molecular complexity index is 217. The summed E-state index contributed by atoms with van der Waals surface area (Å²) in [6.45, 7) is 2.29. The van der Waals surface area contributed by atoms with E-state index in [2.05, 4.69) is 6.92 Å². The smallest absolute Gasteiger partial charge is 0.140 e. The maximum Gasteiger partial charge on any atom is 0.140 e. The zero-order valence-electron chi connectivity index (χ0n) is 15.9. The first kappa shape index (κ1) is 22.1. The summed E-state index contributed by atoms with van der Waals surface area (Å²) in [4.78, 5) is 0. The van der Waals surface area contributed by atoms with Crippen LogP contribution in [0.4, 0.5) is 0 Å². The molecule has 0 rings (SSSR count). The zero-order valence-corrected chi connectivity index (χ0v) is 17.9. The van der Waals surface area contributed by atoms with Gasteiger partial charge >= 0.3 is 0 Å². The molecular formula is C19H42O2Si. The molecule has 22 heavy (non-hydrogen) atoms. The Balaban J connectivity index is 3.14. The van der Waals surface area contributed by atoms with Crippen molar-refractivity contribution in [2.24, 2.45) is 0 Å². The van der Waals surface area contributed by atoms with Gasteiger partial charge in [-0.1, -0.05) is 90.4 Å². The third kappa shape index (κ3) is 13.8. The van der Waals surface area contributed by atoms with E-state index in [1.807, 2.05) is 0 Å². The fourth-order valence-electron chi connectivity index (χ4n) is 2.93. The second kappa shape index (κ2) is 16.0. The van der Waals surface area contributed by atoms with E-state index in [0.717, 1.165) is 16.7 Å². The van der Waals surface area contributed by atoms with E-state index >= 15 is 0 Å². The molecule has 134 valence electrons. The summed E-state index contributed by atoms with van der Waals surface area (Å²) in [6.07, 6.45) is 20.8. The summed E-state index contributed by atoms with van der Waals surface area (Å²) in [7, 11) is 4.47. The van der Waals surface area contributed by atoms with Gasteiger partial charge in [0.2, 0.25) is 0 Å². The molecule has 0 aromatic rings. The highest BCUT2D eigenvalue weighted by molar-refractivity contribution is 6.13. The molecule has 3 heteroatoms. The lowest BCUT2D eigenvalue weighted by molar-refractivity contribution is -0.146. The van der Waals surface area contributed by atoms with Gasteiger partial charge in [0, 0.05) is 14.2 Å². The Kier molecular flexibility index (Phi) is 16.1. The third-order valence-corrected chi connectivity index (χ3v) is 6.16. The van der Waals surface area contributed by atoms with Crippen LogP contribution in [0.25, 0.3) is 0 Å². The summed E-state index contributed by atoms with van der Waals surface area (Å²) < 4.78 is 10.9. The summed E-state index contributed by atoms with van der Waals surface area (Å²) in [5.41, 5.74) is -0.239. The first-order valence-corrected chi connectivity index (χ1v) is 10.8. The minimum atomic E-state index is -0.239. The van der Waals surface area contributed by atoms with Crippen LogP contribution in [0, 0.1) is 0 Å². The molecule has 0 aliphatic carbocycles. The average Bonchev–Trinajstić information content (AvgIpc) is 2.55. The van der Waals surface area contributed by atoms with E-state index < -0.39 is 0 Å². The Morgan fingerprint density at radius 2 is 0.909 bits per heavy atom. The molecule has 0 fully saturated rings. The molecule has 0 aromatic carbocycles. The molecule has 2 nitrogen and oxygen atoms in total. The zero-order chi connectivity index (χ0) is 16.5. The van der Waals surface area contributed by atoms with E-state index in [1.165, 1.54) is 89.9 Å². The number of hydrogen-bond donors (Lipinski definition) is 0. The predicted octanol–water partition coefficient (Wildman–Crippen LogP) is 5.17. The summed E-state index contributed by atoms with van der Waals surface area (Å²) >= 11 is 0. The van der Waals surface area contributed by atoms with Crippen molar-refractivity contribution in [3.8, 4) is 0 Å². The number of methoxy groups -OCH3 is 2. The largest absolute Gasteiger partial charge is 0.358 e. The second-order valence-electron chi connectivity index (χ2n) is 6.89. The lowest BCUT2D eigenvalue weighted by Gasteiger charge is -2.26. The monoisotopic (exact) mass is 330 g/mol. The van der Waals surface area contributed by atoms with Crippen LogP contribution in [-0.4, -0.2) is 29.9 Å². The van der Waals surface area contributed by atoms with Gasteiger partial charge in [-0.25, -0.2) is 0 Å². The second-order valence-corrected chi connectivity index (χ2v) is 8.41. The average molecular weight is 331 g/mol. The predicted molar refractivity (Wildman–Crippen MR) is 102 cm³/mol. The van der Waals surface area contributed by atoms with Crippen molar-refractivity contribution in [3.63, 3.8) is 0 Å². The molecule has 0 heterocycles. The minimum Gasteiger partial charge on any atom is -0.358 e. The van der Waals surface area contributed by atoms with Gasteiger partial charge in [0.15, 0.2) is 0 Å². The van der Waals surface area contributed by atoms with Gasteiger partial charge < -0.3 is 9.47 Å². The molecule has 0 aliphatic heterocycles. The van der Waals surface area contributed by atoms with Crippen LogP contribution >= 0.6 is 0 Å². The number of hydrogen-bond acceptors (Lipinski definition) is 2. The Labute approximate surface area is 143 Å². The van der Waals surface area contributed by atoms with Gasteiger partial charge in [-0.2, -0.15) is 0 Å². The molecule has 0 saturated carbocycles. The molecule has 0 bridgehead atoms. The summed E-state index contributed by atoms with van der Waals surface area (Å²) in [5, 5.41) is 0. The van der Waals surface area contributed by atoms with Crippen molar-refractivity contribution in [2.75, 3.05) is 14.2 Å². The van der Waals surface area contributed by atoms with Gasteiger partial charge in [-0.05, 0) is 12.8 Å². The van der Waals surface area contributed by atoms with Crippen LogP contribution in [0.2, 0.25) is 0 Å². The molecule has 0 aromatic heterocycles. The van der Waals surface area contributed by atoms with Crippen LogP contribution in [0.3, 0.4) is 0 Å². The van der Waals surface area contributed by atoms with E-state index in [1.54, 1.807) is 14.2 Å².